The monoisotopic (exact) mass is 769 g/mol. The van der Waals surface area contributed by atoms with Crippen molar-refractivity contribution in [3.05, 3.63) is 24.3 Å². The van der Waals surface area contributed by atoms with E-state index in [1.165, 1.54) is 128 Å². The van der Waals surface area contributed by atoms with E-state index in [0.29, 0.717) is 13.0 Å². The van der Waals surface area contributed by atoms with Crippen molar-refractivity contribution in [2.45, 2.75) is 230 Å². The van der Waals surface area contributed by atoms with Crippen molar-refractivity contribution in [3.63, 3.8) is 0 Å². The minimum atomic E-state index is -1.54. The third-order valence-corrected chi connectivity index (χ3v) is 10.3. The number of aliphatic hydroxyl groups excluding tert-OH is 4. The minimum absolute atomic E-state index is 0.117. The van der Waals surface area contributed by atoms with Crippen molar-refractivity contribution in [1.82, 2.24) is 0 Å². The number of aliphatic hydroxyl groups is 4. The van der Waals surface area contributed by atoms with Crippen LogP contribution in [0.1, 0.15) is 194 Å². The maximum absolute atomic E-state index is 12.8. The van der Waals surface area contributed by atoms with Gasteiger partial charge in [-0.15, -0.1) is 0 Å². The Kier molecular flexibility index (Phi) is 35.0. The molecule has 1 aliphatic heterocycles. The fraction of sp³-hybridized carbons (Fsp3) is 0.889. The molecule has 0 bridgehead atoms. The Hall–Kier alpha value is -1.33. The second kappa shape index (κ2) is 37.3. The van der Waals surface area contributed by atoms with Gasteiger partial charge in [0.05, 0.1) is 19.8 Å². The van der Waals surface area contributed by atoms with Crippen LogP contribution < -0.4 is 0 Å². The fourth-order valence-corrected chi connectivity index (χ4v) is 6.77. The van der Waals surface area contributed by atoms with Gasteiger partial charge in [0.15, 0.2) is 6.29 Å². The molecule has 318 valence electrons. The lowest BCUT2D eigenvalue weighted by Crippen LogP contribution is -2.59. The summed E-state index contributed by atoms with van der Waals surface area (Å²) in [7, 11) is 0. The number of hydrogen-bond donors (Lipinski definition) is 4. The Morgan fingerprint density at radius 1 is 0.574 bits per heavy atom. The van der Waals surface area contributed by atoms with Gasteiger partial charge in [-0.1, -0.05) is 147 Å². The molecule has 0 saturated carbocycles. The third kappa shape index (κ3) is 28.1. The van der Waals surface area contributed by atoms with Crippen molar-refractivity contribution in [1.29, 1.82) is 0 Å². The zero-order valence-electron chi connectivity index (χ0n) is 34.7. The van der Waals surface area contributed by atoms with E-state index in [9.17, 15) is 25.2 Å². The zero-order valence-corrected chi connectivity index (χ0v) is 34.7. The molecule has 0 aromatic rings. The molecule has 1 rings (SSSR count). The summed E-state index contributed by atoms with van der Waals surface area (Å²) in [6.07, 6.45) is 34.8. The van der Waals surface area contributed by atoms with E-state index >= 15 is 0 Å². The van der Waals surface area contributed by atoms with Crippen molar-refractivity contribution in [3.8, 4) is 0 Å². The lowest BCUT2D eigenvalue weighted by Gasteiger charge is -2.39. The first-order valence-electron chi connectivity index (χ1n) is 22.4. The molecule has 1 saturated heterocycles. The van der Waals surface area contributed by atoms with E-state index in [2.05, 4.69) is 38.2 Å². The second-order valence-corrected chi connectivity index (χ2v) is 15.5. The fourth-order valence-electron chi connectivity index (χ4n) is 6.77. The SMILES string of the molecule is CCCCCCC/C=C\CCCCCCCCOCC(COC1OC(CO)C(O)C(O)C1O)OC(=O)CCCCCCC/C=C\CCCCCCCCC. The smallest absolute Gasteiger partial charge is 0.306 e. The molecule has 4 N–H and O–H groups in total. The highest BCUT2D eigenvalue weighted by atomic mass is 16.7. The molecule has 0 radical (unpaired) electrons. The van der Waals surface area contributed by atoms with Gasteiger partial charge in [-0.25, -0.2) is 0 Å². The van der Waals surface area contributed by atoms with Crippen molar-refractivity contribution >= 4 is 5.97 Å². The first-order valence-corrected chi connectivity index (χ1v) is 22.4. The van der Waals surface area contributed by atoms with Crippen molar-refractivity contribution in [2.24, 2.45) is 0 Å². The molecule has 1 heterocycles. The Labute approximate surface area is 330 Å². The van der Waals surface area contributed by atoms with Gasteiger partial charge in [0, 0.05) is 13.0 Å². The molecule has 0 spiro atoms. The molecule has 0 aromatic carbocycles. The van der Waals surface area contributed by atoms with Gasteiger partial charge in [-0.05, 0) is 64.2 Å². The molecule has 0 aromatic heterocycles. The summed E-state index contributed by atoms with van der Waals surface area (Å²) in [5, 5.41) is 40.1. The van der Waals surface area contributed by atoms with Crippen LogP contribution >= 0.6 is 0 Å². The van der Waals surface area contributed by atoms with E-state index in [4.69, 9.17) is 18.9 Å². The summed E-state index contributed by atoms with van der Waals surface area (Å²) in [6, 6.07) is 0. The highest BCUT2D eigenvalue weighted by Gasteiger charge is 2.44. The third-order valence-electron chi connectivity index (χ3n) is 10.3. The summed E-state index contributed by atoms with van der Waals surface area (Å²) in [6.45, 7) is 4.54. The molecule has 0 aliphatic carbocycles. The molecule has 1 aliphatic rings. The van der Waals surface area contributed by atoms with Gasteiger partial charge < -0.3 is 39.4 Å². The molecule has 9 nitrogen and oxygen atoms in total. The number of ether oxygens (including phenoxy) is 4. The Balaban J connectivity index is 2.28. The number of hydrogen-bond acceptors (Lipinski definition) is 9. The van der Waals surface area contributed by atoms with Gasteiger partial charge in [-0.3, -0.25) is 4.79 Å². The van der Waals surface area contributed by atoms with Gasteiger partial charge >= 0.3 is 5.97 Å². The summed E-state index contributed by atoms with van der Waals surface area (Å²) >= 11 is 0. The average molecular weight is 769 g/mol. The van der Waals surface area contributed by atoms with Crippen molar-refractivity contribution < 1.29 is 44.2 Å². The minimum Gasteiger partial charge on any atom is -0.457 e. The van der Waals surface area contributed by atoms with Crippen LogP contribution in [0.25, 0.3) is 0 Å². The van der Waals surface area contributed by atoms with E-state index in [1.807, 2.05) is 0 Å². The van der Waals surface area contributed by atoms with E-state index < -0.39 is 43.4 Å². The molecule has 54 heavy (non-hydrogen) atoms. The number of rotatable bonds is 38. The number of unbranched alkanes of at least 4 members (excludes halogenated alkanes) is 23. The average Bonchev–Trinajstić information content (AvgIpc) is 3.17. The highest BCUT2D eigenvalue weighted by Crippen LogP contribution is 2.22. The second-order valence-electron chi connectivity index (χ2n) is 15.5. The lowest BCUT2D eigenvalue weighted by molar-refractivity contribution is -0.305. The predicted molar refractivity (Wildman–Crippen MR) is 219 cm³/mol. The van der Waals surface area contributed by atoms with Gasteiger partial charge in [0.25, 0.3) is 0 Å². The van der Waals surface area contributed by atoms with Crippen LogP contribution in [-0.4, -0.2) is 89.6 Å². The summed E-state index contributed by atoms with van der Waals surface area (Å²) in [5.41, 5.74) is 0. The Morgan fingerprint density at radius 3 is 1.50 bits per heavy atom. The van der Waals surface area contributed by atoms with Crippen LogP contribution in [0, 0.1) is 0 Å². The Bertz CT molecular complexity index is 879. The van der Waals surface area contributed by atoms with E-state index in [1.54, 1.807) is 0 Å². The topological polar surface area (TPSA) is 135 Å². The lowest BCUT2D eigenvalue weighted by atomic mass is 9.99. The number of allylic oxidation sites excluding steroid dienone is 4. The quantitative estimate of drug-likeness (QED) is 0.0275. The first kappa shape index (κ1) is 50.7. The Morgan fingerprint density at radius 2 is 1.02 bits per heavy atom. The molecule has 1 fully saturated rings. The van der Waals surface area contributed by atoms with Crippen LogP contribution in [0.3, 0.4) is 0 Å². The molecule has 6 atom stereocenters. The van der Waals surface area contributed by atoms with Crippen LogP contribution in [0.2, 0.25) is 0 Å². The largest absolute Gasteiger partial charge is 0.457 e. The van der Waals surface area contributed by atoms with Crippen LogP contribution in [-0.2, 0) is 23.7 Å². The van der Waals surface area contributed by atoms with Crippen molar-refractivity contribution in [2.75, 3.05) is 26.4 Å². The predicted octanol–water partition coefficient (Wildman–Crippen LogP) is 9.81. The summed E-state index contributed by atoms with van der Waals surface area (Å²) < 4.78 is 22.8. The van der Waals surface area contributed by atoms with Gasteiger partial charge in [-0.2, -0.15) is 0 Å². The zero-order chi connectivity index (χ0) is 39.3. The molecular formula is C45H84O9. The van der Waals surface area contributed by atoms with Crippen LogP contribution in [0.15, 0.2) is 24.3 Å². The number of carbonyl (C=O) groups excluding carboxylic acids is 1. The molecule has 6 unspecified atom stereocenters. The summed E-state index contributed by atoms with van der Waals surface area (Å²) in [5.74, 6) is -0.323. The van der Waals surface area contributed by atoms with Gasteiger partial charge in [0.2, 0.25) is 0 Å². The summed E-state index contributed by atoms with van der Waals surface area (Å²) in [4.78, 5) is 12.8. The normalized spacial score (nSPS) is 21.0. The maximum atomic E-state index is 12.8. The van der Waals surface area contributed by atoms with Crippen LogP contribution in [0.4, 0.5) is 0 Å². The first-order chi connectivity index (χ1) is 26.4. The van der Waals surface area contributed by atoms with Crippen LogP contribution in [0.5, 0.6) is 0 Å². The molecular weight excluding hydrogens is 684 g/mol. The maximum Gasteiger partial charge on any atom is 0.306 e. The molecule has 0 amide bonds. The van der Waals surface area contributed by atoms with E-state index in [-0.39, 0.29) is 19.2 Å². The van der Waals surface area contributed by atoms with E-state index in [0.717, 1.165) is 44.9 Å². The number of esters is 1. The highest BCUT2D eigenvalue weighted by molar-refractivity contribution is 5.69. The standard InChI is InChI=1S/C45H84O9/c1-3-5-7-9-11-13-15-17-19-20-22-24-26-28-30-32-34-41(47)53-39(38-52-45-44(50)43(49)42(48)40(36-46)54-45)37-51-35-33-31-29-27-25-23-21-18-16-14-12-10-8-6-4-2/h16,18-20,39-40,42-46,48-50H,3-15,17,21-38H2,1-2H3/b18-16-,20-19-. The number of carbonyl (C=O) groups is 1. The molecule has 9 heteroatoms. The van der Waals surface area contributed by atoms with Gasteiger partial charge in [0.1, 0.15) is 30.5 Å².